The van der Waals surface area contributed by atoms with E-state index >= 15 is 0 Å². The van der Waals surface area contributed by atoms with Crippen LogP contribution < -0.4 is 15.5 Å². The van der Waals surface area contributed by atoms with Gasteiger partial charge in [-0.15, -0.1) is 11.3 Å². The van der Waals surface area contributed by atoms with E-state index in [0.717, 1.165) is 16.9 Å². The van der Waals surface area contributed by atoms with E-state index in [-0.39, 0.29) is 17.6 Å². The summed E-state index contributed by atoms with van der Waals surface area (Å²) >= 11 is 1.68. The average Bonchev–Trinajstić information content (AvgIpc) is 3.14. The van der Waals surface area contributed by atoms with Crippen molar-refractivity contribution in [3.63, 3.8) is 0 Å². The van der Waals surface area contributed by atoms with Crippen molar-refractivity contribution in [1.29, 1.82) is 0 Å². The van der Waals surface area contributed by atoms with Crippen LogP contribution in [0.25, 0.3) is 0 Å². The van der Waals surface area contributed by atoms with E-state index in [1.807, 2.05) is 26.8 Å². The van der Waals surface area contributed by atoms with E-state index in [1.165, 1.54) is 17.0 Å². The highest BCUT2D eigenvalue weighted by Crippen LogP contribution is 2.28. The zero-order valence-electron chi connectivity index (χ0n) is 15.1. The highest BCUT2D eigenvalue weighted by atomic mass is 32.1. The topological polar surface area (TPSA) is 61.4 Å². The Kier molecular flexibility index (Phi) is 5.27. The molecule has 1 aliphatic rings. The standard InChI is InChI=1S/C19H22FN3O2S/c1-11-9-15(13(3)26-11)12(2)21-19(25)22-17-10-14(6-7-16(17)20)23-8-4-5-18(23)24/h6-7,9-10,12H,4-5,8H2,1-3H3,(H2,21,22,25). The number of hydrogen-bond acceptors (Lipinski definition) is 3. The van der Waals surface area contributed by atoms with E-state index in [9.17, 15) is 14.0 Å². The molecule has 0 radical (unpaired) electrons. The first-order valence-corrected chi connectivity index (χ1v) is 9.41. The summed E-state index contributed by atoms with van der Waals surface area (Å²) in [4.78, 5) is 28.1. The number of halogens is 1. The molecule has 0 aliphatic carbocycles. The number of anilines is 2. The number of amides is 3. The molecule has 0 spiro atoms. The van der Waals surface area contributed by atoms with E-state index in [4.69, 9.17) is 0 Å². The molecule has 5 nitrogen and oxygen atoms in total. The van der Waals surface area contributed by atoms with Crippen LogP contribution in [0.3, 0.4) is 0 Å². The largest absolute Gasteiger partial charge is 0.331 e. The van der Waals surface area contributed by atoms with Gasteiger partial charge in [-0.2, -0.15) is 0 Å². The summed E-state index contributed by atoms with van der Waals surface area (Å²) in [6, 6.07) is 5.71. The SMILES string of the molecule is Cc1cc(C(C)NC(=O)Nc2cc(N3CCCC3=O)ccc2F)c(C)s1. The summed E-state index contributed by atoms with van der Waals surface area (Å²) in [6.07, 6.45) is 1.29. The second-order valence-corrected chi connectivity index (χ2v) is 7.96. The van der Waals surface area contributed by atoms with Crippen LogP contribution in [-0.4, -0.2) is 18.5 Å². The maximum absolute atomic E-state index is 14.1. The number of thiophene rings is 1. The van der Waals surface area contributed by atoms with Gasteiger partial charge < -0.3 is 15.5 Å². The van der Waals surface area contributed by atoms with Crippen LogP contribution in [0.4, 0.5) is 20.6 Å². The van der Waals surface area contributed by atoms with Gasteiger partial charge in [0.15, 0.2) is 0 Å². The van der Waals surface area contributed by atoms with Crippen LogP contribution in [-0.2, 0) is 4.79 Å². The van der Waals surface area contributed by atoms with Crippen molar-refractivity contribution in [2.24, 2.45) is 0 Å². The lowest BCUT2D eigenvalue weighted by molar-refractivity contribution is -0.117. The molecule has 1 fully saturated rings. The van der Waals surface area contributed by atoms with Gasteiger partial charge in [0.05, 0.1) is 11.7 Å². The van der Waals surface area contributed by atoms with Crippen LogP contribution in [0.15, 0.2) is 24.3 Å². The first kappa shape index (κ1) is 18.4. The maximum atomic E-state index is 14.1. The molecule has 3 amide bonds. The van der Waals surface area contributed by atoms with Crippen LogP contribution in [0.2, 0.25) is 0 Å². The fourth-order valence-corrected chi connectivity index (χ4v) is 4.23. The van der Waals surface area contributed by atoms with Crippen LogP contribution in [0.5, 0.6) is 0 Å². The third-order valence-electron chi connectivity index (χ3n) is 4.48. The van der Waals surface area contributed by atoms with Crippen molar-refractivity contribution in [2.75, 3.05) is 16.8 Å². The van der Waals surface area contributed by atoms with Gasteiger partial charge in [-0.3, -0.25) is 4.79 Å². The number of rotatable bonds is 4. The van der Waals surface area contributed by atoms with Crippen molar-refractivity contribution >= 4 is 34.6 Å². The Morgan fingerprint density at radius 2 is 2.08 bits per heavy atom. The molecular weight excluding hydrogens is 353 g/mol. The van der Waals surface area contributed by atoms with Gasteiger partial charge >= 0.3 is 6.03 Å². The maximum Gasteiger partial charge on any atom is 0.319 e. The van der Waals surface area contributed by atoms with Gasteiger partial charge in [-0.25, -0.2) is 9.18 Å². The number of nitrogens with one attached hydrogen (secondary N) is 2. The molecule has 138 valence electrons. The zero-order valence-corrected chi connectivity index (χ0v) is 15.9. The van der Waals surface area contributed by atoms with Gasteiger partial charge in [-0.1, -0.05) is 0 Å². The monoisotopic (exact) mass is 375 g/mol. The number of hydrogen-bond donors (Lipinski definition) is 2. The number of carbonyl (C=O) groups excluding carboxylic acids is 2. The molecule has 26 heavy (non-hydrogen) atoms. The Morgan fingerprint density at radius 1 is 1.31 bits per heavy atom. The third kappa shape index (κ3) is 3.88. The highest BCUT2D eigenvalue weighted by molar-refractivity contribution is 7.12. The molecule has 1 aliphatic heterocycles. The number of nitrogens with zero attached hydrogens (tertiary/aromatic N) is 1. The molecule has 7 heteroatoms. The fourth-order valence-electron chi connectivity index (χ4n) is 3.21. The van der Waals surface area contributed by atoms with Gasteiger partial charge in [0.1, 0.15) is 5.82 Å². The second kappa shape index (κ2) is 7.45. The molecule has 1 atom stereocenters. The summed E-state index contributed by atoms with van der Waals surface area (Å²) in [5, 5.41) is 5.39. The summed E-state index contributed by atoms with van der Waals surface area (Å²) in [7, 11) is 0. The van der Waals surface area contributed by atoms with Crippen LogP contribution in [0.1, 0.15) is 41.1 Å². The Hall–Kier alpha value is -2.41. The lowest BCUT2D eigenvalue weighted by atomic mass is 10.1. The molecule has 0 saturated carbocycles. The van der Waals surface area contributed by atoms with E-state index < -0.39 is 11.8 Å². The van der Waals surface area contributed by atoms with Crippen molar-refractivity contribution in [2.45, 2.75) is 39.7 Å². The quantitative estimate of drug-likeness (QED) is 0.826. The van der Waals surface area contributed by atoms with Crippen LogP contribution in [0, 0.1) is 19.7 Å². The molecule has 1 aromatic heterocycles. The molecule has 2 aromatic rings. The smallest absolute Gasteiger partial charge is 0.319 e. The minimum absolute atomic E-state index is 0.0175. The van der Waals surface area contributed by atoms with E-state index in [2.05, 4.69) is 10.6 Å². The first-order valence-electron chi connectivity index (χ1n) is 8.59. The second-order valence-electron chi connectivity index (χ2n) is 6.50. The summed E-state index contributed by atoms with van der Waals surface area (Å²) in [6.45, 7) is 6.54. The molecular formula is C19H22FN3O2S. The lowest BCUT2D eigenvalue weighted by Crippen LogP contribution is -2.31. The Morgan fingerprint density at radius 3 is 2.69 bits per heavy atom. The number of aryl methyl sites for hydroxylation is 2. The van der Waals surface area contributed by atoms with Gasteiger partial charge in [0.25, 0.3) is 0 Å². The van der Waals surface area contributed by atoms with Crippen LogP contribution >= 0.6 is 11.3 Å². The molecule has 2 N–H and O–H groups in total. The number of benzene rings is 1. The minimum Gasteiger partial charge on any atom is -0.331 e. The van der Waals surface area contributed by atoms with Gasteiger partial charge in [0, 0.05) is 28.4 Å². The normalized spacial score (nSPS) is 15.2. The highest BCUT2D eigenvalue weighted by Gasteiger charge is 2.23. The van der Waals surface area contributed by atoms with E-state index in [0.29, 0.717) is 18.7 Å². The zero-order chi connectivity index (χ0) is 18.8. The van der Waals surface area contributed by atoms with Crippen molar-refractivity contribution in [3.05, 3.63) is 45.4 Å². The molecule has 1 saturated heterocycles. The summed E-state index contributed by atoms with van der Waals surface area (Å²) in [5.41, 5.74) is 1.71. The summed E-state index contributed by atoms with van der Waals surface area (Å²) in [5.74, 6) is -0.519. The fraction of sp³-hybridized carbons (Fsp3) is 0.368. The Bertz CT molecular complexity index is 849. The minimum atomic E-state index is -0.536. The lowest BCUT2D eigenvalue weighted by Gasteiger charge is -2.18. The van der Waals surface area contributed by atoms with Crippen molar-refractivity contribution in [1.82, 2.24) is 5.32 Å². The molecule has 0 bridgehead atoms. The first-order chi connectivity index (χ1) is 12.3. The molecule has 1 unspecified atom stereocenters. The molecule has 2 heterocycles. The number of urea groups is 1. The average molecular weight is 375 g/mol. The number of carbonyl (C=O) groups is 2. The third-order valence-corrected chi connectivity index (χ3v) is 5.46. The van der Waals surface area contributed by atoms with Crippen molar-refractivity contribution in [3.8, 4) is 0 Å². The Labute approximate surface area is 156 Å². The Balaban J connectivity index is 1.70. The summed E-state index contributed by atoms with van der Waals surface area (Å²) < 4.78 is 14.1. The van der Waals surface area contributed by atoms with Gasteiger partial charge in [0.2, 0.25) is 5.91 Å². The van der Waals surface area contributed by atoms with Crippen molar-refractivity contribution < 1.29 is 14.0 Å². The molecule has 3 rings (SSSR count). The molecule has 1 aromatic carbocycles. The predicted molar refractivity (Wildman–Crippen MR) is 102 cm³/mol. The predicted octanol–water partition coefficient (Wildman–Crippen LogP) is 4.51. The van der Waals surface area contributed by atoms with Gasteiger partial charge in [-0.05, 0) is 57.0 Å². The van der Waals surface area contributed by atoms with E-state index in [1.54, 1.807) is 22.3 Å².